The van der Waals surface area contributed by atoms with Crippen LogP contribution >= 0.6 is 0 Å². The molecule has 0 aliphatic rings. The summed E-state index contributed by atoms with van der Waals surface area (Å²) in [6.45, 7) is 9.13. The molecule has 0 radical (unpaired) electrons. The third-order valence-corrected chi connectivity index (χ3v) is 3.25. The van der Waals surface area contributed by atoms with Crippen molar-refractivity contribution in [1.29, 1.82) is 0 Å². The van der Waals surface area contributed by atoms with Gasteiger partial charge in [0.05, 0.1) is 12.2 Å². The van der Waals surface area contributed by atoms with Gasteiger partial charge in [0.1, 0.15) is 0 Å². The second-order valence-electron chi connectivity index (χ2n) is 6.26. The van der Waals surface area contributed by atoms with Crippen LogP contribution in [0.5, 0.6) is 0 Å². The van der Waals surface area contributed by atoms with E-state index in [-0.39, 0.29) is 5.57 Å². The normalized spacial score (nSPS) is 10.7. The van der Waals surface area contributed by atoms with Gasteiger partial charge < -0.3 is 10.1 Å². The van der Waals surface area contributed by atoms with Crippen LogP contribution in [-0.4, -0.2) is 18.4 Å². The highest BCUT2D eigenvalue weighted by Gasteiger charge is 2.09. The highest BCUT2D eigenvalue weighted by atomic mass is 16.5. The zero-order chi connectivity index (χ0) is 15.4. The van der Waals surface area contributed by atoms with Gasteiger partial charge in [-0.1, -0.05) is 47.0 Å². The van der Waals surface area contributed by atoms with Crippen molar-refractivity contribution in [1.82, 2.24) is 0 Å². The molecule has 0 aliphatic heterocycles. The first-order chi connectivity index (χ1) is 9.47. The van der Waals surface area contributed by atoms with E-state index in [0.717, 1.165) is 31.6 Å². The quantitative estimate of drug-likeness (QED) is 0.237. The lowest BCUT2D eigenvalue weighted by molar-refractivity contribution is -0.139. The molecule has 0 aromatic carbocycles. The molecule has 0 heterocycles. The molecule has 116 valence electrons. The lowest BCUT2D eigenvalue weighted by atomic mass is 10.0. The smallest absolute Gasteiger partial charge is 0.340 e. The summed E-state index contributed by atoms with van der Waals surface area (Å²) in [6.07, 6.45) is 6.82. The van der Waals surface area contributed by atoms with Crippen molar-refractivity contribution < 1.29 is 9.53 Å². The van der Waals surface area contributed by atoms with Gasteiger partial charge in [0.25, 0.3) is 0 Å². The molecule has 0 aromatic heterocycles. The Bertz CT molecular complexity index is 315. The van der Waals surface area contributed by atoms with Gasteiger partial charge in [-0.3, -0.25) is 5.87 Å². The number of nitrogens with zero attached hydrogens (tertiary/aromatic N) is 1. The van der Waals surface area contributed by atoms with E-state index >= 15 is 0 Å². The van der Waals surface area contributed by atoms with Crippen LogP contribution in [0, 0.1) is 11.8 Å². The van der Waals surface area contributed by atoms with E-state index in [1.54, 1.807) is 0 Å². The Morgan fingerprint density at radius 3 is 2.15 bits per heavy atom. The second kappa shape index (κ2) is 11.7. The van der Waals surface area contributed by atoms with Gasteiger partial charge >= 0.3 is 5.97 Å². The second-order valence-corrected chi connectivity index (χ2v) is 6.26. The van der Waals surface area contributed by atoms with Crippen molar-refractivity contribution in [2.75, 3.05) is 6.61 Å². The molecule has 0 aromatic rings. The molecule has 0 aliphatic carbocycles. The largest absolute Gasteiger partial charge is 0.763 e. The summed E-state index contributed by atoms with van der Waals surface area (Å²) < 4.78 is 5.14. The molecule has 0 atom stereocenters. The molecule has 3 nitrogen and oxygen atoms in total. The van der Waals surface area contributed by atoms with Gasteiger partial charge in [0.15, 0.2) is 0 Å². The van der Waals surface area contributed by atoms with E-state index in [4.69, 9.17) is 10.1 Å². The molecule has 0 N–H and O–H groups in total. The summed E-state index contributed by atoms with van der Waals surface area (Å²) in [5, 5.41) is 9.00. The summed E-state index contributed by atoms with van der Waals surface area (Å²) in [6, 6.07) is 0. The minimum Gasteiger partial charge on any atom is -0.763 e. The Balaban J connectivity index is 3.79. The summed E-state index contributed by atoms with van der Waals surface area (Å²) >= 11 is 0. The molecule has 0 amide bonds. The minimum atomic E-state index is -0.417. The molecule has 20 heavy (non-hydrogen) atoms. The SMILES string of the molecule is CC(C)CCCCCC(=C=[N-])C(=O)OCCCC(C)C. The van der Waals surface area contributed by atoms with Crippen LogP contribution in [0.15, 0.2) is 5.57 Å². The third kappa shape index (κ3) is 10.8. The van der Waals surface area contributed by atoms with E-state index in [1.807, 2.05) is 5.87 Å². The molecule has 0 spiro atoms. The third-order valence-electron chi connectivity index (χ3n) is 3.25. The fraction of sp³-hybridized carbons (Fsp3) is 0.824. The van der Waals surface area contributed by atoms with E-state index < -0.39 is 5.97 Å². The van der Waals surface area contributed by atoms with Crippen LogP contribution in [0.3, 0.4) is 0 Å². The molecule has 0 rings (SSSR count). The van der Waals surface area contributed by atoms with Gasteiger partial charge in [0.2, 0.25) is 0 Å². The van der Waals surface area contributed by atoms with Crippen LogP contribution in [0.4, 0.5) is 0 Å². The van der Waals surface area contributed by atoms with E-state index in [0.29, 0.717) is 18.9 Å². The lowest BCUT2D eigenvalue weighted by Gasteiger charge is -2.09. The summed E-state index contributed by atoms with van der Waals surface area (Å²) in [7, 11) is 0. The van der Waals surface area contributed by atoms with Gasteiger partial charge in [0, 0.05) is 0 Å². The van der Waals surface area contributed by atoms with Crippen LogP contribution < -0.4 is 0 Å². The molecule has 0 saturated heterocycles. The monoisotopic (exact) mass is 280 g/mol. The summed E-state index contributed by atoms with van der Waals surface area (Å²) in [4.78, 5) is 11.7. The zero-order valence-electron chi connectivity index (χ0n) is 13.6. The number of rotatable bonds is 11. The Kier molecular flexibility index (Phi) is 11.1. The maximum absolute atomic E-state index is 11.7. The van der Waals surface area contributed by atoms with Crippen molar-refractivity contribution in [2.45, 2.75) is 72.6 Å². The maximum Gasteiger partial charge on any atom is 0.340 e. The fourth-order valence-electron chi connectivity index (χ4n) is 1.98. The average molecular weight is 280 g/mol. The first-order valence-electron chi connectivity index (χ1n) is 7.90. The van der Waals surface area contributed by atoms with Crippen LogP contribution in [0.25, 0.3) is 5.41 Å². The number of hydrogen-bond acceptors (Lipinski definition) is 2. The minimum absolute atomic E-state index is 0.277. The van der Waals surface area contributed by atoms with E-state index in [9.17, 15) is 4.79 Å². The van der Waals surface area contributed by atoms with Gasteiger partial charge in [-0.2, -0.15) is 0 Å². The van der Waals surface area contributed by atoms with Crippen molar-refractivity contribution >= 4 is 11.8 Å². The maximum atomic E-state index is 11.7. The number of hydrogen-bond donors (Lipinski definition) is 0. The van der Waals surface area contributed by atoms with Crippen molar-refractivity contribution in [3.8, 4) is 0 Å². The van der Waals surface area contributed by atoms with Crippen molar-refractivity contribution in [2.24, 2.45) is 11.8 Å². The molecule has 0 bridgehead atoms. The summed E-state index contributed by atoms with van der Waals surface area (Å²) in [5.74, 6) is 2.92. The Morgan fingerprint density at radius 2 is 1.60 bits per heavy atom. The number of ether oxygens (including phenoxy) is 1. The topological polar surface area (TPSA) is 48.6 Å². The average Bonchev–Trinajstić information content (AvgIpc) is 2.38. The van der Waals surface area contributed by atoms with Crippen LogP contribution in [0.1, 0.15) is 72.6 Å². The standard InChI is InChI=1S/C17H30NO2/c1-14(2)9-6-5-7-11-16(13-18)17(19)20-12-8-10-15(3)4/h14-15H,5-12H2,1-4H3/q-1. The number of esters is 1. The zero-order valence-corrected chi connectivity index (χ0v) is 13.6. The Labute approximate surface area is 124 Å². The van der Waals surface area contributed by atoms with Crippen molar-refractivity contribution in [3.05, 3.63) is 11.0 Å². The molecule has 3 heteroatoms. The van der Waals surface area contributed by atoms with E-state index in [2.05, 4.69) is 27.7 Å². The van der Waals surface area contributed by atoms with Gasteiger partial charge in [-0.25, -0.2) is 4.79 Å². The fourth-order valence-corrected chi connectivity index (χ4v) is 1.98. The predicted octanol–water partition coefficient (Wildman–Crippen LogP) is 4.74. The lowest BCUT2D eigenvalue weighted by Crippen LogP contribution is -2.10. The number of carbonyl (C=O) groups is 1. The molecule has 0 saturated carbocycles. The highest BCUT2D eigenvalue weighted by Crippen LogP contribution is 2.13. The highest BCUT2D eigenvalue weighted by molar-refractivity contribution is 5.98. The predicted molar refractivity (Wildman–Crippen MR) is 84.8 cm³/mol. The Hall–Kier alpha value is -1.08. The molecule has 0 unspecified atom stereocenters. The van der Waals surface area contributed by atoms with E-state index in [1.165, 1.54) is 12.8 Å². The summed E-state index contributed by atoms with van der Waals surface area (Å²) in [5.41, 5.74) is 0.277. The van der Waals surface area contributed by atoms with Crippen LogP contribution in [-0.2, 0) is 9.53 Å². The van der Waals surface area contributed by atoms with Gasteiger partial charge in [-0.05, 0) is 37.5 Å². The van der Waals surface area contributed by atoms with Crippen LogP contribution in [0.2, 0.25) is 0 Å². The first-order valence-corrected chi connectivity index (χ1v) is 7.90. The number of unbranched alkanes of at least 4 members (excludes halogenated alkanes) is 2. The molecule has 0 fully saturated rings. The van der Waals surface area contributed by atoms with Gasteiger partial charge in [-0.15, -0.1) is 0 Å². The first kappa shape index (κ1) is 18.9. The van der Waals surface area contributed by atoms with Crippen molar-refractivity contribution in [3.63, 3.8) is 0 Å². The molecular weight excluding hydrogens is 250 g/mol. The number of carbonyl (C=O) groups excluding carboxylic acids is 1. The molecular formula is C17H30NO2-. The Morgan fingerprint density at radius 1 is 1.00 bits per heavy atom.